The number of aryl methyl sites for hydroxylation is 1. The summed E-state index contributed by atoms with van der Waals surface area (Å²) in [5.41, 5.74) is 2.24. The van der Waals surface area contributed by atoms with Gasteiger partial charge in [-0.2, -0.15) is 0 Å². The van der Waals surface area contributed by atoms with E-state index in [1.54, 1.807) is 30.3 Å². The average Bonchev–Trinajstić information content (AvgIpc) is 2.52. The monoisotopic (exact) mass is 349 g/mol. The van der Waals surface area contributed by atoms with Gasteiger partial charge >= 0.3 is 0 Å². The van der Waals surface area contributed by atoms with Gasteiger partial charge in [0.15, 0.2) is 0 Å². The Morgan fingerprint density at radius 2 is 1.70 bits per heavy atom. The number of nitrogens with one attached hydrogen (secondary N) is 1. The third-order valence-corrected chi connectivity index (χ3v) is 4.36. The van der Waals surface area contributed by atoms with Crippen LogP contribution in [0.1, 0.15) is 40.7 Å². The van der Waals surface area contributed by atoms with Gasteiger partial charge in [-0.1, -0.05) is 53.9 Å². The quantitative estimate of drug-likeness (QED) is 0.865. The van der Waals surface area contributed by atoms with Crippen molar-refractivity contribution in [2.45, 2.75) is 26.2 Å². The van der Waals surface area contributed by atoms with Crippen molar-refractivity contribution in [2.24, 2.45) is 0 Å². The molecule has 1 atom stereocenters. The number of halogens is 2. The fraction of sp³-hybridized carbons (Fsp3) is 0.222. The lowest BCUT2D eigenvalue weighted by Gasteiger charge is -2.15. The van der Waals surface area contributed by atoms with Gasteiger partial charge in [-0.15, -0.1) is 0 Å². The van der Waals surface area contributed by atoms with Gasteiger partial charge in [0, 0.05) is 5.56 Å². The van der Waals surface area contributed by atoms with Crippen molar-refractivity contribution in [2.75, 3.05) is 0 Å². The first kappa shape index (κ1) is 17.5. The first-order chi connectivity index (χ1) is 10.9. The molecular formula is C18H17Cl2NO2. The average molecular weight is 350 g/mol. The molecule has 0 spiro atoms. The molecule has 0 bridgehead atoms. The number of carbonyl (C=O) groups excluding carboxylic acids is 2. The number of imide groups is 1. The fourth-order valence-corrected chi connectivity index (χ4v) is 2.58. The van der Waals surface area contributed by atoms with E-state index in [9.17, 15) is 9.59 Å². The van der Waals surface area contributed by atoms with Crippen molar-refractivity contribution in [3.8, 4) is 0 Å². The van der Waals surface area contributed by atoms with E-state index < -0.39 is 11.8 Å². The topological polar surface area (TPSA) is 46.2 Å². The van der Waals surface area contributed by atoms with Gasteiger partial charge in [-0.25, -0.2) is 0 Å². The van der Waals surface area contributed by atoms with E-state index in [2.05, 4.69) is 5.32 Å². The molecule has 0 saturated heterocycles. The van der Waals surface area contributed by atoms with Gasteiger partial charge in [-0.3, -0.25) is 14.9 Å². The summed E-state index contributed by atoms with van der Waals surface area (Å²) in [7, 11) is 0. The third-order valence-electron chi connectivity index (χ3n) is 3.62. The van der Waals surface area contributed by atoms with Gasteiger partial charge in [0.1, 0.15) is 0 Å². The molecule has 2 aromatic rings. The standard InChI is InChI=1S/C18H17Cl2NO2/c1-3-14(13-8-9-15(19)16(20)10-13)18(23)21-17(22)12-6-4-11(2)5-7-12/h4-10,14H,3H2,1-2H3,(H,21,22,23). The Balaban J connectivity index is 2.15. The van der Waals surface area contributed by atoms with Gasteiger partial charge in [0.2, 0.25) is 5.91 Å². The molecule has 2 aromatic carbocycles. The summed E-state index contributed by atoms with van der Waals surface area (Å²) >= 11 is 11.9. The van der Waals surface area contributed by atoms with Gasteiger partial charge in [-0.05, 0) is 43.2 Å². The zero-order valence-electron chi connectivity index (χ0n) is 12.9. The van der Waals surface area contributed by atoms with Crippen LogP contribution in [0.3, 0.4) is 0 Å². The molecule has 2 amide bonds. The van der Waals surface area contributed by atoms with Crippen molar-refractivity contribution in [1.29, 1.82) is 0 Å². The second-order valence-electron chi connectivity index (χ2n) is 5.32. The molecule has 0 fully saturated rings. The van der Waals surface area contributed by atoms with Crippen LogP contribution in [-0.4, -0.2) is 11.8 Å². The molecule has 0 heterocycles. The van der Waals surface area contributed by atoms with Crippen molar-refractivity contribution < 1.29 is 9.59 Å². The van der Waals surface area contributed by atoms with E-state index in [0.717, 1.165) is 11.1 Å². The van der Waals surface area contributed by atoms with Crippen LogP contribution in [0.2, 0.25) is 10.0 Å². The molecule has 2 rings (SSSR count). The smallest absolute Gasteiger partial charge is 0.257 e. The Morgan fingerprint density at radius 1 is 1.04 bits per heavy atom. The lowest BCUT2D eigenvalue weighted by molar-refractivity contribution is -0.121. The van der Waals surface area contributed by atoms with E-state index in [1.807, 2.05) is 26.0 Å². The third kappa shape index (κ3) is 4.34. The lowest BCUT2D eigenvalue weighted by atomic mass is 9.95. The highest BCUT2D eigenvalue weighted by molar-refractivity contribution is 6.42. The van der Waals surface area contributed by atoms with Crippen LogP contribution in [0.15, 0.2) is 42.5 Å². The summed E-state index contributed by atoms with van der Waals surface area (Å²) in [5, 5.41) is 3.27. The van der Waals surface area contributed by atoms with E-state index in [4.69, 9.17) is 23.2 Å². The molecule has 0 aliphatic heterocycles. The summed E-state index contributed by atoms with van der Waals surface area (Å²) < 4.78 is 0. The predicted octanol–water partition coefficient (Wildman–Crippen LogP) is 4.75. The number of carbonyl (C=O) groups is 2. The Bertz CT molecular complexity index is 726. The summed E-state index contributed by atoms with van der Waals surface area (Å²) in [6.07, 6.45) is 0.547. The number of rotatable bonds is 4. The van der Waals surface area contributed by atoms with Crippen molar-refractivity contribution in [1.82, 2.24) is 5.32 Å². The first-order valence-corrected chi connectivity index (χ1v) is 8.04. The fourth-order valence-electron chi connectivity index (χ4n) is 2.28. The van der Waals surface area contributed by atoms with Crippen LogP contribution >= 0.6 is 23.2 Å². The normalized spacial score (nSPS) is 11.8. The molecule has 1 unspecified atom stereocenters. The molecule has 3 nitrogen and oxygen atoms in total. The van der Waals surface area contributed by atoms with Crippen LogP contribution in [0.5, 0.6) is 0 Å². The van der Waals surface area contributed by atoms with Crippen molar-refractivity contribution in [3.05, 3.63) is 69.2 Å². The molecular weight excluding hydrogens is 333 g/mol. The molecule has 0 aliphatic rings. The van der Waals surface area contributed by atoms with Crippen LogP contribution in [0.25, 0.3) is 0 Å². The Hall–Kier alpha value is -1.84. The van der Waals surface area contributed by atoms with Crippen LogP contribution in [-0.2, 0) is 4.79 Å². The Morgan fingerprint density at radius 3 is 2.26 bits per heavy atom. The maximum Gasteiger partial charge on any atom is 0.257 e. The second-order valence-corrected chi connectivity index (χ2v) is 6.13. The number of amides is 2. The summed E-state index contributed by atoms with van der Waals surface area (Å²) in [6, 6.07) is 12.1. The maximum absolute atomic E-state index is 12.4. The van der Waals surface area contributed by atoms with E-state index in [-0.39, 0.29) is 5.91 Å². The molecule has 0 radical (unpaired) electrons. The minimum absolute atomic E-state index is 0.350. The van der Waals surface area contributed by atoms with E-state index >= 15 is 0 Å². The SMILES string of the molecule is CCC(C(=O)NC(=O)c1ccc(C)cc1)c1ccc(Cl)c(Cl)c1. The molecule has 5 heteroatoms. The molecule has 1 N–H and O–H groups in total. The van der Waals surface area contributed by atoms with Crippen LogP contribution in [0.4, 0.5) is 0 Å². The van der Waals surface area contributed by atoms with Gasteiger partial charge in [0.05, 0.1) is 16.0 Å². The van der Waals surface area contributed by atoms with Gasteiger partial charge in [0.25, 0.3) is 5.91 Å². The molecule has 0 aromatic heterocycles. The highest BCUT2D eigenvalue weighted by Crippen LogP contribution is 2.28. The maximum atomic E-state index is 12.4. The molecule has 120 valence electrons. The zero-order valence-corrected chi connectivity index (χ0v) is 14.4. The van der Waals surface area contributed by atoms with Crippen molar-refractivity contribution in [3.63, 3.8) is 0 Å². The molecule has 0 aliphatic carbocycles. The molecule has 23 heavy (non-hydrogen) atoms. The predicted molar refractivity (Wildman–Crippen MR) is 93.1 cm³/mol. The lowest BCUT2D eigenvalue weighted by Crippen LogP contribution is -2.34. The van der Waals surface area contributed by atoms with Gasteiger partial charge < -0.3 is 0 Å². The molecule has 0 saturated carbocycles. The number of hydrogen-bond acceptors (Lipinski definition) is 2. The van der Waals surface area contributed by atoms with E-state index in [0.29, 0.717) is 22.0 Å². The van der Waals surface area contributed by atoms with Crippen LogP contribution in [0, 0.1) is 6.92 Å². The first-order valence-electron chi connectivity index (χ1n) is 7.29. The summed E-state index contributed by atoms with van der Waals surface area (Å²) in [4.78, 5) is 24.6. The number of hydrogen-bond donors (Lipinski definition) is 1. The Labute approximate surface area is 145 Å². The van der Waals surface area contributed by atoms with E-state index in [1.165, 1.54) is 0 Å². The second kappa shape index (κ2) is 7.62. The van der Waals surface area contributed by atoms with Crippen molar-refractivity contribution >= 4 is 35.0 Å². The highest BCUT2D eigenvalue weighted by atomic mass is 35.5. The summed E-state index contributed by atoms with van der Waals surface area (Å²) in [6.45, 7) is 3.81. The minimum atomic E-state index is -0.459. The summed E-state index contributed by atoms with van der Waals surface area (Å²) in [5.74, 6) is -1.22. The zero-order chi connectivity index (χ0) is 17.0. The highest BCUT2D eigenvalue weighted by Gasteiger charge is 2.22. The Kier molecular flexibility index (Phi) is 5.80. The number of benzene rings is 2. The minimum Gasteiger partial charge on any atom is -0.292 e. The van der Waals surface area contributed by atoms with Crippen LogP contribution < -0.4 is 5.32 Å². The largest absolute Gasteiger partial charge is 0.292 e.